The average molecular weight is 706 g/mol. The number of aliphatic hydroxyl groups is 4. The second kappa shape index (κ2) is 16.5. The third kappa shape index (κ3) is 7.89. The molecule has 0 radical (unpaired) electrons. The molecule has 4 N–H and O–H groups in total. The van der Waals surface area contributed by atoms with Crippen LogP contribution in [0.25, 0.3) is 52.2 Å². The van der Waals surface area contributed by atoms with Crippen LogP contribution >= 0.6 is 0 Å². The minimum Gasteiger partial charge on any atom is -0.394 e. The molecule has 16 atom stereocenters. The quantitative estimate of drug-likeness (QED) is 0.124. The fourth-order valence-corrected chi connectivity index (χ4v) is 7.47. The van der Waals surface area contributed by atoms with Crippen molar-refractivity contribution in [1.29, 1.82) is 0 Å². The van der Waals surface area contributed by atoms with Crippen LogP contribution in [-0.4, -0.2) is 125 Å². The van der Waals surface area contributed by atoms with Crippen molar-refractivity contribution in [3.63, 3.8) is 0 Å². The number of rotatable bonds is 13. The molecule has 0 amide bonds. The summed E-state index contributed by atoms with van der Waals surface area (Å²) in [5, 5.41) is 62.6. The summed E-state index contributed by atoms with van der Waals surface area (Å²) in [6, 6.07) is -4.19. The Balaban J connectivity index is 1.45. The van der Waals surface area contributed by atoms with Crippen LogP contribution in [-0.2, 0) is 23.7 Å². The van der Waals surface area contributed by atoms with Gasteiger partial charge in [-0.2, -0.15) is 0 Å². The first-order chi connectivity index (χ1) is 24.1. The summed E-state index contributed by atoms with van der Waals surface area (Å²) in [5.74, 6) is -0.998. The third-order valence-electron chi connectivity index (χ3n) is 10.3. The Morgan fingerprint density at radius 3 is 2.04 bits per heavy atom. The molecule has 5 aliphatic rings. The Kier molecular flexibility index (Phi) is 12.3. The zero-order valence-corrected chi connectivity index (χ0v) is 26.9. The molecule has 5 rings (SSSR count). The van der Waals surface area contributed by atoms with Crippen molar-refractivity contribution in [2.45, 2.75) is 137 Å². The molecule has 5 fully saturated rings. The predicted molar refractivity (Wildman–Crippen MR) is 166 cm³/mol. The molecule has 24 nitrogen and oxygen atoms in total. The lowest BCUT2D eigenvalue weighted by Gasteiger charge is -2.50. The van der Waals surface area contributed by atoms with Gasteiger partial charge in [0.1, 0.15) is 24.4 Å². The van der Waals surface area contributed by atoms with E-state index in [-0.39, 0.29) is 30.9 Å². The molecule has 0 aromatic heterocycles. The zero-order chi connectivity index (χ0) is 36.0. The third-order valence-corrected chi connectivity index (χ3v) is 10.3. The van der Waals surface area contributed by atoms with Crippen molar-refractivity contribution in [2.24, 2.45) is 36.9 Å². The maximum absolute atomic E-state index is 11.6. The van der Waals surface area contributed by atoms with Crippen molar-refractivity contribution in [3.05, 3.63) is 52.2 Å². The molecule has 0 bridgehead atoms. The molecule has 50 heavy (non-hydrogen) atoms. The molecule has 2 saturated carbocycles. The lowest BCUT2D eigenvalue weighted by Crippen LogP contribution is -2.61. The normalized spacial score (nSPS) is 43.5. The topological polar surface area (TPSA) is 371 Å². The van der Waals surface area contributed by atoms with E-state index >= 15 is 0 Å². The van der Waals surface area contributed by atoms with Crippen molar-refractivity contribution in [1.82, 2.24) is 0 Å². The van der Waals surface area contributed by atoms with E-state index in [0.717, 1.165) is 12.8 Å². The maximum Gasteiger partial charge on any atom is 0.187 e. The second-order valence-electron chi connectivity index (χ2n) is 13.4. The van der Waals surface area contributed by atoms with Gasteiger partial charge in [0, 0.05) is 42.9 Å². The van der Waals surface area contributed by atoms with Gasteiger partial charge in [0.05, 0.1) is 61.9 Å². The number of azide groups is 5. The van der Waals surface area contributed by atoms with E-state index < -0.39 is 98.1 Å². The molecule has 0 aromatic rings. The minimum absolute atomic E-state index is 0.0544. The monoisotopic (exact) mass is 705 g/mol. The number of ether oxygens (including phenoxy) is 5. The molecule has 3 heterocycles. The first-order valence-corrected chi connectivity index (χ1v) is 16.2. The first-order valence-electron chi connectivity index (χ1n) is 16.2. The smallest absolute Gasteiger partial charge is 0.187 e. The molecule has 5 unspecified atom stereocenters. The van der Waals surface area contributed by atoms with Crippen molar-refractivity contribution in [2.75, 3.05) is 13.2 Å². The van der Waals surface area contributed by atoms with Gasteiger partial charge in [0.25, 0.3) is 0 Å². The van der Waals surface area contributed by atoms with Crippen LogP contribution in [0.2, 0.25) is 0 Å². The average Bonchev–Trinajstić information content (AvgIpc) is 3.79. The Morgan fingerprint density at radius 2 is 1.40 bits per heavy atom. The Morgan fingerprint density at radius 1 is 0.740 bits per heavy atom. The highest BCUT2D eigenvalue weighted by atomic mass is 16.7. The number of nitrogens with zero attached hydrogens (tertiary/aromatic N) is 15. The summed E-state index contributed by atoms with van der Waals surface area (Å²) in [6.45, 7) is 1.18. The van der Waals surface area contributed by atoms with E-state index in [1.807, 2.05) is 0 Å². The van der Waals surface area contributed by atoms with Crippen LogP contribution in [0.3, 0.4) is 0 Å². The van der Waals surface area contributed by atoms with Crippen LogP contribution < -0.4 is 0 Å². The van der Waals surface area contributed by atoms with Gasteiger partial charge < -0.3 is 44.1 Å². The first kappa shape index (κ1) is 37.4. The van der Waals surface area contributed by atoms with E-state index in [2.05, 4.69) is 57.1 Å². The summed E-state index contributed by atoms with van der Waals surface area (Å²) >= 11 is 0. The highest BCUT2D eigenvalue weighted by molar-refractivity contribution is 5.09. The van der Waals surface area contributed by atoms with Crippen molar-refractivity contribution >= 4 is 0 Å². The van der Waals surface area contributed by atoms with E-state index in [0.29, 0.717) is 12.8 Å². The van der Waals surface area contributed by atoms with Crippen LogP contribution in [0.15, 0.2) is 25.6 Å². The molecule has 0 spiro atoms. The summed E-state index contributed by atoms with van der Waals surface area (Å²) < 4.78 is 30.4. The van der Waals surface area contributed by atoms with Gasteiger partial charge in [0.15, 0.2) is 12.6 Å². The maximum atomic E-state index is 11.6. The molecule has 0 aromatic carbocycles. The highest BCUT2D eigenvalue weighted by Crippen LogP contribution is 2.54. The van der Waals surface area contributed by atoms with Crippen LogP contribution in [0, 0.1) is 11.3 Å². The van der Waals surface area contributed by atoms with E-state index in [1.54, 1.807) is 0 Å². The van der Waals surface area contributed by atoms with E-state index in [1.165, 1.54) is 0 Å². The molecule has 24 heteroatoms. The van der Waals surface area contributed by atoms with Gasteiger partial charge >= 0.3 is 0 Å². The Hall–Kier alpha value is -3.81. The standard InChI is InChI=1S/C26H39N15O9/c1-26(4-5-26)16-3-2-11(33-38-28)21(48-16)17-12(34-39-29)7-13(35-40-30)19(44)23(17)50-25-20(45)22(15(9-42)47-25)49-24-18(36-41-31)14(43)6-10(46-24)8-32-37-27/h10-25,42-45H,2-9H2,1H3/t10-,11?,12?,13?,14+,15-,16+,17+,18?,19+,20-,21?,22-,23+,24-,25+/m1/s1. The lowest BCUT2D eigenvalue weighted by molar-refractivity contribution is -0.258. The van der Waals surface area contributed by atoms with Gasteiger partial charge in [-0.1, -0.05) is 32.5 Å². The summed E-state index contributed by atoms with van der Waals surface area (Å²) in [6.07, 6.45) is -11.0. The zero-order valence-electron chi connectivity index (χ0n) is 26.9. The van der Waals surface area contributed by atoms with Gasteiger partial charge in [-0.3, -0.25) is 0 Å². The Bertz CT molecular complexity index is 1460. The van der Waals surface area contributed by atoms with Gasteiger partial charge in [0.2, 0.25) is 0 Å². The van der Waals surface area contributed by atoms with Crippen molar-refractivity contribution in [3.8, 4) is 0 Å². The number of hydrogen-bond acceptors (Lipinski definition) is 14. The molecule has 2 aliphatic carbocycles. The van der Waals surface area contributed by atoms with E-state index in [4.69, 9.17) is 34.7 Å². The van der Waals surface area contributed by atoms with Crippen molar-refractivity contribution < 1.29 is 44.1 Å². The minimum atomic E-state index is -1.71. The molecule has 3 aliphatic heterocycles. The fraction of sp³-hybridized carbons (Fsp3) is 1.00. The summed E-state index contributed by atoms with van der Waals surface area (Å²) in [7, 11) is 0. The highest BCUT2D eigenvalue weighted by Gasteiger charge is 2.57. The molecular weight excluding hydrogens is 666 g/mol. The largest absolute Gasteiger partial charge is 0.394 e. The molecule has 272 valence electrons. The second-order valence-corrected chi connectivity index (χ2v) is 13.4. The number of hydrogen-bond donors (Lipinski definition) is 4. The predicted octanol–water partition coefficient (Wildman–Crippen LogP) is 3.07. The number of aliphatic hydroxyl groups excluding tert-OH is 4. The lowest BCUT2D eigenvalue weighted by atomic mass is 9.72. The molecule has 3 saturated heterocycles. The van der Waals surface area contributed by atoms with Gasteiger partial charge in [-0.05, 0) is 65.2 Å². The van der Waals surface area contributed by atoms with Crippen LogP contribution in [0.1, 0.15) is 45.4 Å². The Labute approximate surface area is 283 Å². The summed E-state index contributed by atoms with van der Waals surface area (Å²) in [5.41, 5.74) is 45.9. The van der Waals surface area contributed by atoms with Gasteiger partial charge in [-0.25, -0.2) is 0 Å². The fourth-order valence-electron chi connectivity index (χ4n) is 7.47. The molecular formula is C26H39N15O9. The van der Waals surface area contributed by atoms with Crippen LogP contribution in [0.4, 0.5) is 0 Å². The summed E-state index contributed by atoms with van der Waals surface area (Å²) in [4.78, 5) is 14.2. The van der Waals surface area contributed by atoms with Gasteiger partial charge in [-0.15, -0.1) is 0 Å². The van der Waals surface area contributed by atoms with E-state index in [9.17, 15) is 37.0 Å². The SMILES string of the molecule is CC1([C@@H]2CCC(N=[N+]=[N-])C([C@@H]3C(N=[N+]=[N-])CC(N=[N+]=[N-])[C@H](O)[C@H]3O[C@@H]3O[C@H](CO)[C@@H](O[C@H]4O[C@@H](CN=[N+]=[N-])C[C@H](O)C4N=[N+]=[N-])[C@H]3O)O2)CC1. The van der Waals surface area contributed by atoms with Crippen LogP contribution in [0.5, 0.6) is 0 Å².